The zero-order chi connectivity index (χ0) is 16.9. The van der Waals surface area contributed by atoms with Crippen molar-refractivity contribution in [2.24, 2.45) is 0 Å². The molecule has 1 N–H and O–H groups in total. The minimum absolute atomic E-state index is 0.0488. The fourth-order valence-corrected chi connectivity index (χ4v) is 5.23. The molecule has 0 bridgehead atoms. The SMILES string of the molecule is CC1(Cn2nncc2-c2ccccc2)SC2CC(=O)N2C1C(=O)O. The lowest BCUT2D eigenvalue weighted by Crippen LogP contribution is -2.58. The number of carbonyl (C=O) groups excluding carboxylic acids is 1. The molecule has 1 amide bonds. The van der Waals surface area contributed by atoms with Gasteiger partial charge in [-0.05, 0) is 6.92 Å². The van der Waals surface area contributed by atoms with Gasteiger partial charge < -0.3 is 10.0 Å². The lowest BCUT2D eigenvalue weighted by Gasteiger charge is -2.37. The van der Waals surface area contributed by atoms with Gasteiger partial charge in [0.25, 0.3) is 0 Å². The molecule has 0 spiro atoms. The standard InChI is InChI=1S/C16H16N4O3S/c1-16(14(15(22)23)20-12(21)7-13(20)24-16)9-19-11(8-17-18-19)10-5-3-2-4-6-10/h2-6,8,13-14H,7,9H2,1H3,(H,22,23). The number of β-lactam (4-membered cyclic amide) rings is 1. The van der Waals surface area contributed by atoms with E-state index in [0.717, 1.165) is 11.3 Å². The van der Waals surface area contributed by atoms with Gasteiger partial charge in [0.1, 0.15) is 6.04 Å². The van der Waals surface area contributed by atoms with Crippen LogP contribution in [0.1, 0.15) is 13.3 Å². The molecule has 2 aliphatic rings. The summed E-state index contributed by atoms with van der Waals surface area (Å²) in [6.07, 6.45) is 2.08. The summed E-state index contributed by atoms with van der Waals surface area (Å²) >= 11 is 1.54. The summed E-state index contributed by atoms with van der Waals surface area (Å²) in [5, 5.41) is 17.7. The van der Waals surface area contributed by atoms with Crippen LogP contribution in [-0.4, -0.2) is 53.0 Å². The minimum atomic E-state index is -0.970. The Morgan fingerprint density at radius 1 is 1.42 bits per heavy atom. The Morgan fingerprint density at radius 3 is 2.83 bits per heavy atom. The van der Waals surface area contributed by atoms with Crippen molar-refractivity contribution in [1.29, 1.82) is 0 Å². The topological polar surface area (TPSA) is 88.3 Å². The molecule has 8 heteroatoms. The largest absolute Gasteiger partial charge is 0.480 e. The second-order valence-corrected chi connectivity index (χ2v) is 7.99. The maximum atomic E-state index is 11.8. The van der Waals surface area contributed by atoms with Crippen molar-refractivity contribution in [2.45, 2.75) is 36.1 Å². The van der Waals surface area contributed by atoms with E-state index in [1.165, 1.54) is 4.90 Å². The lowest BCUT2D eigenvalue weighted by atomic mass is 9.96. The van der Waals surface area contributed by atoms with Gasteiger partial charge in [-0.3, -0.25) is 4.79 Å². The van der Waals surface area contributed by atoms with Gasteiger partial charge in [-0.2, -0.15) is 0 Å². The van der Waals surface area contributed by atoms with Crippen molar-refractivity contribution in [1.82, 2.24) is 19.9 Å². The van der Waals surface area contributed by atoms with E-state index in [0.29, 0.717) is 13.0 Å². The molecule has 1 aromatic carbocycles. The van der Waals surface area contributed by atoms with E-state index in [-0.39, 0.29) is 11.3 Å². The van der Waals surface area contributed by atoms with E-state index in [1.54, 1.807) is 22.6 Å². The number of amides is 1. The highest BCUT2D eigenvalue weighted by atomic mass is 32.2. The number of carbonyl (C=O) groups is 2. The number of nitrogens with zero attached hydrogens (tertiary/aromatic N) is 4. The lowest BCUT2D eigenvalue weighted by molar-refractivity contribution is -0.157. The summed E-state index contributed by atoms with van der Waals surface area (Å²) in [6.45, 7) is 2.26. The number of carboxylic acid groups (broad SMARTS) is 1. The number of hydrogen-bond acceptors (Lipinski definition) is 5. The molecule has 2 aromatic rings. The number of fused-ring (bicyclic) bond motifs is 1. The zero-order valence-corrected chi connectivity index (χ0v) is 13.8. The summed E-state index contributed by atoms with van der Waals surface area (Å²) < 4.78 is 1.08. The molecule has 0 saturated carbocycles. The maximum Gasteiger partial charge on any atom is 0.327 e. The molecule has 4 rings (SSSR count). The predicted octanol–water partition coefficient (Wildman–Crippen LogP) is 1.46. The van der Waals surface area contributed by atoms with Crippen molar-refractivity contribution in [3.8, 4) is 11.3 Å². The normalized spacial score (nSPS) is 28.5. The highest BCUT2D eigenvalue weighted by Crippen LogP contribution is 2.51. The number of aromatic nitrogens is 3. The van der Waals surface area contributed by atoms with Crippen LogP contribution in [0.15, 0.2) is 36.5 Å². The van der Waals surface area contributed by atoms with Gasteiger partial charge in [0, 0.05) is 5.56 Å². The van der Waals surface area contributed by atoms with Crippen molar-refractivity contribution in [3.05, 3.63) is 36.5 Å². The quantitative estimate of drug-likeness (QED) is 0.845. The molecule has 3 unspecified atom stereocenters. The van der Waals surface area contributed by atoms with Gasteiger partial charge in [-0.1, -0.05) is 35.5 Å². The number of rotatable bonds is 4. The van der Waals surface area contributed by atoms with Crippen LogP contribution >= 0.6 is 11.8 Å². The van der Waals surface area contributed by atoms with Crippen LogP contribution in [0.5, 0.6) is 0 Å². The van der Waals surface area contributed by atoms with Crippen molar-refractivity contribution < 1.29 is 14.7 Å². The molecule has 0 aliphatic carbocycles. The van der Waals surface area contributed by atoms with Crippen LogP contribution in [0.4, 0.5) is 0 Å². The molecule has 3 heterocycles. The first-order valence-corrected chi connectivity index (χ1v) is 8.53. The number of carboxylic acids is 1. The second-order valence-electron chi connectivity index (χ2n) is 6.27. The first kappa shape index (κ1) is 15.2. The molecule has 2 saturated heterocycles. The summed E-state index contributed by atoms with van der Waals surface area (Å²) in [4.78, 5) is 25.1. The van der Waals surface area contributed by atoms with Crippen LogP contribution in [0.2, 0.25) is 0 Å². The molecule has 2 fully saturated rings. The first-order chi connectivity index (χ1) is 11.5. The van der Waals surface area contributed by atoms with Crippen molar-refractivity contribution >= 4 is 23.6 Å². The van der Waals surface area contributed by atoms with E-state index in [9.17, 15) is 14.7 Å². The summed E-state index contributed by atoms with van der Waals surface area (Å²) in [5.74, 6) is -1.06. The smallest absolute Gasteiger partial charge is 0.327 e. The van der Waals surface area contributed by atoms with Crippen LogP contribution in [0.25, 0.3) is 11.3 Å². The van der Waals surface area contributed by atoms with E-state index in [2.05, 4.69) is 10.3 Å². The number of thioether (sulfide) groups is 1. The van der Waals surface area contributed by atoms with E-state index < -0.39 is 16.8 Å². The molecule has 124 valence electrons. The second kappa shape index (κ2) is 5.34. The third-order valence-electron chi connectivity index (χ3n) is 4.59. The van der Waals surface area contributed by atoms with E-state index in [4.69, 9.17) is 0 Å². The Hall–Kier alpha value is -2.35. The van der Waals surface area contributed by atoms with Crippen molar-refractivity contribution in [3.63, 3.8) is 0 Å². The summed E-state index contributed by atoms with van der Waals surface area (Å²) in [5.41, 5.74) is 1.81. The third-order valence-corrected chi connectivity index (χ3v) is 6.15. The van der Waals surface area contributed by atoms with Crippen LogP contribution in [-0.2, 0) is 16.1 Å². The van der Waals surface area contributed by atoms with Gasteiger partial charge in [-0.25, -0.2) is 9.48 Å². The highest BCUT2D eigenvalue weighted by molar-refractivity contribution is 8.01. The molecule has 0 radical (unpaired) electrons. The van der Waals surface area contributed by atoms with Crippen LogP contribution < -0.4 is 0 Å². The minimum Gasteiger partial charge on any atom is -0.480 e. The average molecular weight is 344 g/mol. The molecule has 1 aromatic heterocycles. The monoisotopic (exact) mass is 344 g/mol. The molecule has 24 heavy (non-hydrogen) atoms. The molecule has 3 atom stereocenters. The first-order valence-electron chi connectivity index (χ1n) is 7.65. The fourth-order valence-electron chi connectivity index (χ4n) is 3.49. The summed E-state index contributed by atoms with van der Waals surface area (Å²) in [6, 6.07) is 8.88. The van der Waals surface area contributed by atoms with Crippen LogP contribution in [0.3, 0.4) is 0 Å². The number of hydrogen-bond donors (Lipinski definition) is 1. The van der Waals surface area contributed by atoms with Gasteiger partial charge in [0.05, 0.1) is 35.0 Å². The Balaban J connectivity index is 1.67. The van der Waals surface area contributed by atoms with Crippen molar-refractivity contribution in [2.75, 3.05) is 0 Å². The van der Waals surface area contributed by atoms with Gasteiger partial charge in [0.15, 0.2) is 0 Å². The fraction of sp³-hybridized carbons (Fsp3) is 0.375. The number of aliphatic carboxylic acids is 1. The zero-order valence-electron chi connectivity index (χ0n) is 13.0. The van der Waals surface area contributed by atoms with E-state index >= 15 is 0 Å². The Kier molecular flexibility index (Phi) is 3.38. The maximum absolute atomic E-state index is 11.8. The Morgan fingerprint density at radius 2 is 2.17 bits per heavy atom. The summed E-state index contributed by atoms with van der Waals surface area (Å²) in [7, 11) is 0. The van der Waals surface area contributed by atoms with Gasteiger partial charge in [0.2, 0.25) is 5.91 Å². The Labute approximate surface area is 142 Å². The Bertz CT molecular complexity index is 809. The predicted molar refractivity (Wildman–Crippen MR) is 88.1 cm³/mol. The average Bonchev–Trinajstić information content (AvgIpc) is 3.08. The van der Waals surface area contributed by atoms with E-state index in [1.807, 2.05) is 37.3 Å². The highest BCUT2D eigenvalue weighted by Gasteiger charge is 2.60. The van der Waals surface area contributed by atoms with Crippen LogP contribution in [0, 0.1) is 0 Å². The van der Waals surface area contributed by atoms with Gasteiger partial charge >= 0.3 is 5.97 Å². The molecule has 2 aliphatic heterocycles. The third kappa shape index (κ3) is 2.21. The van der Waals surface area contributed by atoms with Gasteiger partial charge in [-0.15, -0.1) is 16.9 Å². The molecule has 7 nitrogen and oxygen atoms in total. The molecular formula is C16H16N4O3S. The number of benzene rings is 1. The molecular weight excluding hydrogens is 328 g/mol.